The number of H-pyrrole nitrogens is 1. The Labute approximate surface area is 228 Å². The highest BCUT2D eigenvalue weighted by molar-refractivity contribution is 5.96. The Kier molecular flexibility index (Phi) is 9.19. The van der Waals surface area contributed by atoms with E-state index >= 15 is 0 Å². The fourth-order valence-electron chi connectivity index (χ4n) is 3.79. The molecule has 2 heterocycles. The standard InChI is InChI=1S/C27H30F2N6O5/c1-16(2)27(28,29)17-9-7-11-18-23(17)33-21(30-18)15-35-14-8-12-20(25(35)38)31-24(37)19(32-26(39)40)10-5-6-13-22(36)34(3)4/h6-9,11-14,19,32H,1,5,10,15H2,2-4H3,(H,30,33)(H,31,37)(H,39,40)/b13-6+/t19-/m0/s1. The topological polar surface area (TPSA) is 149 Å². The van der Waals surface area contributed by atoms with Gasteiger partial charge in [0.2, 0.25) is 11.8 Å². The van der Waals surface area contributed by atoms with Gasteiger partial charge in [0, 0.05) is 20.3 Å². The summed E-state index contributed by atoms with van der Waals surface area (Å²) in [7, 11) is 3.16. The van der Waals surface area contributed by atoms with Crippen molar-refractivity contribution >= 4 is 34.6 Å². The first kappa shape index (κ1) is 29.7. The molecule has 3 aromatic rings. The molecule has 0 radical (unpaired) electrons. The number of imidazole rings is 1. The van der Waals surface area contributed by atoms with Gasteiger partial charge >= 0.3 is 6.09 Å². The summed E-state index contributed by atoms with van der Waals surface area (Å²) < 4.78 is 30.6. The van der Waals surface area contributed by atoms with Crippen molar-refractivity contribution in [3.05, 3.63) is 82.6 Å². The normalized spacial score (nSPS) is 12.3. The fourth-order valence-corrected chi connectivity index (χ4v) is 3.79. The van der Waals surface area contributed by atoms with Crippen molar-refractivity contribution in [2.24, 2.45) is 0 Å². The zero-order chi connectivity index (χ0) is 29.6. The van der Waals surface area contributed by atoms with Crippen LogP contribution in [0.15, 0.2) is 65.6 Å². The maximum absolute atomic E-state index is 14.7. The molecule has 0 fully saturated rings. The highest BCUT2D eigenvalue weighted by Crippen LogP contribution is 2.37. The van der Waals surface area contributed by atoms with Crippen LogP contribution >= 0.6 is 0 Å². The Balaban J connectivity index is 1.79. The molecule has 0 unspecified atom stereocenters. The lowest BCUT2D eigenvalue weighted by Gasteiger charge is -2.16. The van der Waals surface area contributed by atoms with Gasteiger partial charge in [-0.1, -0.05) is 24.8 Å². The van der Waals surface area contributed by atoms with Crippen LogP contribution in [-0.4, -0.2) is 62.6 Å². The first-order valence-corrected chi connectivity index (χ1v) is 12.2. The number of hydrogen-bond acceptors (Lipinski definition) is 5. The van der Waals surface area contributed by atoms with Crippen LogP contribution in [0.2, 0.25) is 0 Å². The van der Waals surface area contributed by atoms with Gasteiger partial charge in [0.1, 0.15) is 17.6 Å². The first-order chi connectivity index (χ1) is 18.8. The number of anilines is 1. The maximum atomic E-state index is 14.7. The largest absolute Gasteiger partial charge is 0.465 e. The number of likely N-dealkylation sites (N-methyl/N-ethyl adjacent to an activating group) is 1. The summed E-state index contributed by atoms with van der Waals surface area (Å²) in [5.41, 5.74) is -0.978. The van der Waals surface area contributed by atoms with E-state index in [0.717, 1.165) is 0 Å². The molecule has 1 aromatic carbocycles. The minimum absolute atomic E-state index is 0.0342. The molecule has 0 saturated heterocycles. The van der Waals surface area contributed by atoms with Crippen LogP contribution in [0.3, 0.4) is 0 Å². The van der Waals surface area contributed by atoms with Gasteiger partial charge in [-0.15, -0.1) is 0 Å². The quantitative estimate of drug-likeness (QED) is 0.210. The number of amides is 3. The third-order valence-corrected chi connectivity index (χ3v) is 5.97. The minimum Gasteiger partial charge on any atom is -0.465 e. The van der Waals surface area contributed by atoms with Crippen LogP contribution in [-0.2, 0) is 22.1 Å². The van der Waals surface area contributed by atoms with E-state index in [4.69, 9.17) is 5.11 Å². The van der Waals surface area contributed by atoms with Gasteiger partial charge in [-0.3, -0.25) is 14.4 Å². The van der Waals surface area contributed by atoms with Crippen molar-refractivity contribution in [3.63, 3.8) is 0 Å². The summed E-state index contributed by atoms with van der Waals surface area (Å²) in [5, 5.41) is 13.7. The molecule has 4 N–H and O–H groups in total. The molecule has 0 aliphatic rings. The van der Waals surface area contributed by atoms with Crippen LogP contribution in [0.1, 0.15) is 31.2 Å². The second kappa shape index (κ2) is 12.4. The van der Waals surface area contributed by atoms with E-state index in [-0.39, 0.29) is 53.5 Å². The van der Waals surface area contributed by atoms with E-state index in [2.05, 4.69) is 27.2 Å². The third kappa shape index (κ3) is 6.98. The Morgan fingerprint density at radius 2 is 1.98 bits per heavy atom. The Morgan fingerprint density at radius 1 is 1.25 bits per heavy atom. The molecule has 0 aliphatic heterocycles. The van der Waals surface area contributed by atoms with Gasteiger partial charge in [0.05, 0.1) is 23.1 Å². The first-order valence-electron chi connectivity index (χ1n) is 12.2. The molecule has 11 nitrogen and oxygen atoms in total. The summed E-state index contributed by atoms with van der Waals surface area (Å²) in [6.45, 7) is 4.48. The lowest BCUT2D eigenvalue weighted by molar-refractivity contribution is -0.123. The number of alkyl halides is 2. The Bertz CT molecular complexity index is 1530. The molecule has 0 saturated carbocycles. The Hall–Kier alpha value is -4.81. The number of carbonyl (C=O) groups is 3. The average Bonchev–Trinajstić information content (AvgIpc) is 3.30. The second-order valence-corrected chi connectivity index (χ2v) is 9.30. The summed E-state index contributed by atoms with van der Waals surface area (Å²) in [6.07, 6.45) is 3.09. The number of carbonyl (C=O) groups excluding carboxylic acids is 2. The zero-order valence-corrected chi connectivity index (χ0v) is 22.2. The molecular formula is C27H30F2N6O5. The number of nitrogens with zero attached hydrogens (tertiary/aromatic N) is 3. The van der Waals surface area contributed by atoms with E-state index in [1.165, 1.54) is 59.0 Å². The summed E-state index contributed by atoms with van der Waals surface area (Å²) in [4.78, 5) is 57.3. The van der Waals surface area contributed by atoms with Crippen LogP contribution in [0.4, 0.5) is 19.3 Å². The van der Waals surface area contributed by atoms with E-state index in [9.17, 15) is 28.0 Å². The number of para-hydroxylation sites is 1. The molecule has 212 valence electrons. The number of benzene rings is 1. The number of carboxylic acid groups (broad SMARTS) is 1. The molecule has 40 heavy (non-hydrogen) atoms. The predicted molar refractivity (Wildman–Crippen MR) is 145 cm³/mol. The molecule has 3 rings (SSSR count). The number of rotatable bonds is 11. The molecule has 2 aromatic heterocycles. The van der Waals surface area contributed by atoms with Crippen molar-refractivity contribution < 1.29 is 28.3 Å². The SMILES string of the molecule is C=C(C)C(F)(F)c1cccc2[nH]c(Cn3cccc(NC(=O)[C@H](CC/C=C/C(=O)N(C)C)NC(=O)O)c3=O)nc12. The molecule has 3 amide bonds. The number of fused-ring (bicyclic) bond motifs is 1. The third-order valence-electron chi connectivity index (χ3n) is 5.97. The van der Waals surface area contributed by atoms with Gasteiger partial charge in [0.25, 0.3) is 11.5 Å². The van der Waals surface area contributed by atoms with Crippen molar-refractivity contribution in [1.82, 2.24) is 24.8 Å². The lowest BCUT2D eigenvalue weighted by atomic mass is 10.0. The van der Waals surface area contributed by atoms with Gasteiger partial charge in [-0.2, -0.15) is 8.78 Å². The highest BCUT2D eigenvalue weighted by Gasteiger charge is 2.35. The molecule has 0 spiro atoms. The van der Waals surface area contributed by atoms with Gasteiger partial charge in [-0.25, -0.2) is 9.78 Å². The average molecular weight is 557 g/mol. The number of pyridine rings is 1. The highest BCUT2D eigenvalue weighted by atomic mass is 19.3. The zero-order valence-electron chi connectivity index (χ0n) is 22.2. The van der Waals surface area contributed by atoms with Crippen molar-refractivity contribution in [2.45, 2.75) is 38.3 Å². The monoisotopic (exact) mass is 556 g/mol. The van der Waals surface area contributed by atoms with Gasteiger partial charge < -0.3 is 30.2 Å². The second-order valence-electron chi connectivity index (χ2n) is 9.30. The molecular weight excluding hydrogens is 526 g/mol. The molecule has 0 aliphatic carbocycles. The van der Waals surface area contributed by atoms with Crippen molar-refractivity contribution in [3.8, 4) is 0 Å². The number of aromatic amines is 1. The minimum atomic E-state index is -3.30. The predicted octanol–water partition coefficient (Wildman–Crippen LogP) is 3.44. The van der Waals surface area contributed by atoms with E-state index in [0.29, 0.717) is 5.52 Å². The number of aromatic nitrogens is 3. The van der Waals surface area contributed by atoms with E-state index < -0.39 is 29.5 Å². The maximum Gasteiger partial charge on any atom is 0.405 e. The van der Waals surface area contributed by atoms with Crippen LogP contribution in [0.5, 0.6) is 0 Å². The van der Waals surface area contributed by atoms with E-state index in [1.807, 2.05) is 0 Å². The van der Waals surface area contributed by atoms with Gasteiger partial charge in [-0.05, 0) is 49.6 Å². The van der Waals surface area contributed by atoms with Gasteiger partial charge in [0.15, 0.2) is 0 Å². The summed E-state index contributed by atoms with van der Waals surface area (Å²) >= 11 is 0. The number of hydrogen-bond donors (Lipinski definition) is 4. The van der Waals surface area contributed by atoms with Crippen LogP contribution in [0.25, 0.3) is 11.0 Å². The van der Waals surface area contributed by atoms with Crippen LogP contribution < -0.4 is 16.2 Å². The lowest BCUT2D eigenvalue weighted by Crippen LogP contribution is -2.44. The fraction of sp³-hybridized carbons (Fsp3) is 0.296. The van der Waals surface area contributed by atoms with Crippen molar-refractivity contribution in [2.75, 3.05) is 19.4 Å². The number of allylic oxidation sites excluding steroid dienone is 2. The molecule has 13 heteroatoms. The smallest absolute Gasteiger partial charge is 0.405 e. The van der Waals surface area contributed by atoms with Crippen LogP contribution in [0, 0.1) is 0 Å². The number of halogens is 2. The number of nitrogens with one attached hydrogen (secondary N) is 3. The Morgan fingerprint density at radius 3 is 2.62 bits per heavy atom. The molecule has 0 bridgehead atoms. The summed E-state index contributed by atoms with van der Waals surface area (Å²) in [6, 6.07) is 5.97. The van der Waals surface area contributed by atoms with Crippen molar-refractivity contribution in [1.29, 1.82) is 0 Å². The summed E-state index contributed by atoms with van der Waals surface area (Å²) in [5.74, 6) is -4.09. The van der Waals surface area contributed by atoms with E-state index in [1.54, 1.807) is 20.2 Å². The molecule has 1 atom stereocenters.